The minimum absolute atomic E-state index is 0. The van der Waals surface area contributed by atoms with E-state index in [0.29, 0.717) is 5.25 Å². The molecule has 1 aromatic heterocycles. The fraction of sp³-hybridized carbons (Fsp3) is 0.643. The second-order valence-electron chi connectivity index (χ2n) is 4.61. The maximum Gasteiger partial charge on any atom is 0.191 e. The van der Waals surface area contributed by atoms with Crippen molar-refractivity contribution in [3.8, 4) is 0 Å². The molecule has 2 N–H and O–H groups in total. The number of aliphatic imine (C=N–C) groups is 1. The Hall–Kier alpha value is -0.370. The Morgan fingerprint density at radius 3 is 3.05 bits per heavy atom. The van der Waals surface area contributed by atoms with Gasteiger partial charge in [0.25, 0.3) is 0 Å². The molecule has 0 aromatic carbocycles. The Bertz CT molecular complexity index is 378. The van der Waals surface area contributed by atoms with Crippen molar-refractivity contribution in [1.82, 2.24) is 10.6 Å². The largest absolute Gasteiger partial charge is 0.469 e. The topological polar surface area (TPSA) is 49.6 Å². The maximum absolute atomic E-state index is 5.31. The van der Waals surface area contributed by atoms with Crippen LogP contribution < -0.4 is 10.6 Å². The first-order valence-electron chi connectivity index (χ1n) is 7.04. The molecule has 4 nitrogen and oxygen atoms in total. The Kier molecular flexibility index (Phi) is 9.17. The highest BCUT2D eigenvalue weighted by Crippen LogP contribution is 2.25. The highest BCUT2D eigenvalue weighted by atomic mass is 127. The Morgan fingerprint density at radius 1 is 1.50 bits per heavy atom. The third kappa shape index (κ3) is 6.39. The van der Waals surface area contributed by atoms with Crippen LogP contribution >= 0.6 is 35.7 Å². The molecule has 0 amide bonds. The molecule has 1 aliphatic heterocycles. The second-order valence-corrected chi connectivity index (χ2v) is 6.02. The molecule has 2 heterocycles. The molecule has 0 radical (unpaired) electrons. The van der Waals surface area contributed by atoms with Crippen molar-refractivity contribution in [2.45, 2.75) is 31.4 Å². The van der Waals surface area contributed by atoms with E-state index in [2.05, 4.69) is 22.5 Å². The van der Waals surface area contributed by atoms with Gasteiger partial charge in [0.1, 0.15) is 5.76 Å². The number of hydrogen-bond donors (Lipinski definition) is 2. The standard InChI is InChI=1S/C14H23N3OS.HI/c1-2-15-14(17-11-13-6-4-10-19-13)16-8-7-12-5-3-9-18-12;/h3,5,9,13H,2,4,6-8,10-11H2,1H3,(H2,15,16,17);1H. The minimum Gasteiger partial charge on any atom is -0.469 e. The van der Waals surface area contributed by atoms with E-state index in [-0.39, 0.29) is 24.0 Å². The highest BCUT2D eigenvalue weighted by Gasteiger charge is 2.14. The van der Waals surface area contributed by atoms with E-state index in [4.69, 9.17) is 4.42 Å². The maximum atomic E-state index is 5.31. The molecule has 2 rings (SSSR count). The second kappa shape index (κ2) is 10.4. The molecule has 0 aliphatic carbocycles. The highest BCUT2D eigenvalue weighted by molar-refractivity contribution is 14.0. The summed E-state index contributed by atoms with van der Waals surface area (Å²) < 4.78 is 5.31. The van der Waals surface area contributed by atoms with Gasteiger partial charge in [-0.1, -0.05) is 0 Å². The van der Waals surface area contributed by atoms with E-state index in [1.54, 1.807) is 6.26 Å². The predicted octanol–water partition coefficient (Wildman–Crippen LogP) is 2.89. The zero-order valence-electron chi connectivity index (χ0n) is 11.9. The first-order valence-corrected chi connectivity index (χ1v) is 8.09. The molecule has 1 aliphatic rings. The normalized spacial score (nSPS) is 18.6. The van der Waals surface area contributed by atoms with Crippen LogP contribution in [0.3, 0.4) is 0 Å². The number of guanidine groups is 1. The number of nitrogens with zero attached hydrogens (tertiary/aromatic N) is 1. The third-order valence-electron chi connectivity index (χ3n) is 3.07. The summed E-state index contributed by atoms with van der Waals surface area (Å²) in [7, 11) is 0. The molecule has 20 heavy (non-hydrogen) atoms. The molecule has 1 atom stereocenters. The lowest BCUT2D eigenvalue weighted by Gasteiger charge is -2.12. The summed E-state index contributed by atoms with van der Waals surface area (Å²) in [6, 6.07) is 3.92. The van der Waals surface area contributed by atoms with Crippen molar-refractivity contribution >= 4 is 41.7 Å². The van der Waals surface area contributed by atoms with Crippen LogP contribution in [0.25, 0.3) is 0 Å². The monoisotopic (exact) mass is 409 g/mol. The summed E-state index contributed by atoms with van der Waals surface area (Å²) >= 11 is 2.05. The van der Waals surface area contributed by atoms with Gasteiger partial charge in [-0.2, -0.15) is 11.8 Å². The van der Waals surface area contributed by atoms with Gasteiger partial charge in [0.15, 0.2) is 5.96 Å². The van der Waals surface area contributed by atoms with E-state index < -0.39 is 0 Å². The van der Waals surface area contributed by atoms with Crippen LogP contribution in [0.5, 0.6) is 0 Å². The van der Waals surface area contributed by atoms with Crippen LogP contribution in [0.2, 0.25) is 0 Å². The molecule has 114 valence electrons. The van der Waals surface area contributed by atoms with Gasteiger partial charge in [0.2, 0.25) is 0 Å². The fourth-order valence-corrected chi connectivity index (χ4v) is 3.26. The summed E-state index contributed by atoms with van der Waals surface area (Å²) in [5.41, 5.74) is 0. The average molecular weight is 409 g/mol. The van der Waals surface area contributed by atoms with Crippen LogP contribution in [-0.2, 0) is 6.42 Å². The van der Waals surface area contributed by atoms with Crippen molar-refractivity contribution in [1.29, 1.82) is 0 Å². The molecule has 1 unspecified atom stereocenters. The average Bonchev–Trinajstić information content (AvgIpc) is 3.09. The van der Waals surface area contributed by atoms with Crippen molar-refractivity contribution in [3.63, 3.8) is 0 Å². The summed E-state index contributed by atoms with van der Waals surface area (Å²) in [5, 5.41) is 7.35. The molecule has 6 heteroatoms. The fourth-order valence-electron chi connectivity index (χ4n) is 2.08. The van der Waals surface area contributed by atoms with Crippen molar-refractivity contribution < 1.29 is 4.42 Å². The zero-order valence-corrected chi connectivity index (χ0v) is 15.1. The van der Waals surface area contributed by atoms with Gasteiger partial charge < -0.3 is 15.1 Å². The van der Waals surface area contributed by atoms with Crippen molar-refractivity contribution in [2.24, 2.45) is 4.99 Å². The number of thioether (sulfide) groups is 1. The van der Waals surface area contributed by atoms with Crippen molar-refractivity contribution in [3.05, 3.63) is 24.2 Å². The summed E-state index contributed by atoms with van der Waals surface area (Å²) in [5.74, 6) is 3.22. The molecule has 0 saturated carbocycles. The predicted molar refractivity (Wildman–Crippen MR) is 97.3 cm³/mol. The quantitative estimate of drug-likeness (QED) is 0.431. The number of hydrogen-bond acceptors (Lipinski definition) is 3. The Labute approximate surface area is 142 Å². The Balaban J connectivity index is 0.00000200. The van der Waals surface area contributed by atoms with E-state index in [1.807, 2.05) is 23.9 Å². The third-order valence-corrected chi connectivity index (χ3v) is 4.45. The lowest BCUT2D eigenvalue weighted by Crippen LogP contribution is -2.38. The Morgan fingerprint density at radius 2 is 2.40 bits per heavy atom. The van der Waals surface area contributed by atoms with Crippen molar-refractivity contribution in [2.75, 3.05) is 25.4 Å². The molecular formula is C14H24IN3OS. The lowest BCUT2D eigenvalue weighted by molar-refractivity contribution is 0.507. The molecule has 0 bridgehead atoms. The molecule has 1 fully saturated rings. The van der Waals surface area contributed by atoms with Gasteiger partial charge in [0, 0.05) is 24.8 Å². The molecule has 1 saturated heterocycles. The van der Waals surface area contributed by atoms with Crippen LogP contribution in [-0.4, -0.2) is 36.6 Å². The molecule has 1 aromatic rings. The minimum atomic E-state index is 0. The smallest absolute Gasteiger partial charge is 0.191 e. The van der Waals surface area contributed by atoms with Gasteiger partial charge in [0.05, 0.1) is 12.8 Å². The number of furan rings is 1. The molecule has 0 spiro atoms. The summed E-state index contributed by atoms with van der Waals surface area (Å²) in [4.78, 5) is 4.66. The van der Waals surface area contributed by atoms with Crippen LogP contribution in [0.4, 0.5) is 0 Å². The van der Waals surface area contributed by atoms with E-state index >= 15 is 0 Å². The number of nitrogens with one attached hydrogen (secondary N) is 2. The number of halogens is 1. The first-order chi connectivity index (χ1) is 9.38. The van der Waals surface area contributed by atoms with Gasteiger partial charge in [-0.25, -0.2) is 0 Å². The van der Waals surface area contributed by atoms with Gasteiger partial charge in [-0.3, -0.25) is 4.99 Å². The van der Waals surface area contributed by atoms with Crippen LogP contribution in [0.1, 0.15) is 25.5 Å². The van der Waals surface area contributed by atoms with Crippen LogP contribution in [0.15, 0.2) is 27.8 Å². The summed E-state index contributed by atoms with van der Waals surface area (Å²) in [6.45, 7) is 4.75. The first kappa shape index (κ1) is 17.7. The van der Waals surface area contributed by atoms with E-state index in [9.17, 15) is 0 Å². The number of rotatable bonds is 6. The van der Waals surface area contributed by atoms with E-state index in [1.165, 1.54) is 18.6 Å². The van der Waals surface area contributed by atoms with Gasteiger partial charge >= 0.3 is 0 Å². The van der Waals surface area contributed by atoms with Crippen LogP contribution in [0, 0.1) is 0 Å². The van der Waals surface area contributed by atoms with E-state index in [0.717, 1.165) is 37.8 Å². The van der Waals surface area contributed by atoms with Gasteiger partial charge in [-0.05, 0) is 37.7 Å². The van der Waals surface area contributed by atoms with Gasteiger partial charge in [-0.15, -0.1) is 24.0 Å². The SMILES string of the molecule is CCNC(=NCC1CCCS1)NCCc1ccco1.I. The zero-order chi connectivity index (χ0) is 13.3. The molecular weight excluding hydrogens is 385 g/mol. The summed E-state index contributed by atoms with van der Waals surface area (Å²) in [6.07, 6.45) is 5.24. The lowest BCUT2D eigenvalue weighted by atomic mass is 10.2.